The van der Waals surface area contributed by atoms with E-state index in [1.165, 1.54) is 17.0 Å². The molecule has 1 aliphatic rings. The van der Waals surface area contributed by atoms with Gasteiger partial charge in [0.25, 0.3) is 0 Å². The minimum Gasteiger partial charge on any atom is -0.506 e. The maximum atomic E-state index is 12.6. The molecule has 3 aromatic carbocycles. The second-order valence-electron chi connectivity index (χ2n) is 12.0. The number of pyridine rings is 1. The van der Waals surface area contributed by atoms with Gasteiger partial charge in [-0.15, -0.1) is 0 Å². The van der Waals surface area contributed by atoms with E-state index < -0.39 is 12.2 Å². The van der Waals surface area contributed by atoms with Gasteiger partial charge in [-0.2, -0.15) is 0 Å². The van der Waals surface area contributed by atoms with Crippen LogP contribution in [0.5, 0.6) is 11.5 Å². The van der Waals surface area contributed by atoms with Crippen molar-refractivity contribution in [3.8, 4) is 22.6 Å². The Morgan fingerprint density at radius 1 is 0.978 bits per heavy atom. The fourth-order valence-corrected chi connectivity index (χ4v) is 6.27. The highest BCUT2D eigenvalue weighted by Gasteiger charge is 2.31. The summed E-state index contributed by atoms with van der Waals surface area (Å²) in [4.78, 5) is 28.4. The van der Waals surface area contributed by atoms with E-state index in [9.17, 15) is 24.9 Å². The molecule has 1 atom stereocenters. The summed E-state index contributed by atoms with van der Waals surface area (Å²) < 4.78 is 6.10. The van der Waals surface area contributed by atoms with Crippen LogP contribution in [-0.2, 0) is 0 Å². The largest absolute Gasteiger partial charge is 0.506 e. The van der Waals surface area contributed by atoms with Gasteiger partial charge < -0.3 is 36.1 Å². The van der Waals surface area contributed by atoms with Crippen LogP contribution in [0.15, 0.2) is 77.6 Å². The number of fused-ring (bicyclic) bond motifs is 1. The molecule has 0 spiro atoms. The first-order chi connectivity index (χ1) is 22.3. The van der Waals surface area contributed by atoms with Gasteiger partial charge in [0, 0.05) is 41.7 Å². The molecule has 0 radical (unpaired) electrons. The number of amides is 1. The molecule has 0 bridgehead atoms. The molecule has 1 amide bonds. The van der Waals surface area contributed by atoms with Gasteiger partial charge in [-0.3, -0.25) is 9.69 Å². The molecule has 1 fully saturated rings. The number of phenolic OH excluding ortho intramolecular Hbond substituents is 1. The topological polar surface area (TPSA) is 161 Å². The molecule has 244 valence electrons. The van der Waals surface area contributed by atoms with Crippen LogP contribution in [0, 0.1) is 0 Å². The van der Waals surface area contributed by atoms with Crippen molar-refractivity contribution in [3.63, 3.8) is 0 Å². The molecule has 1 saturated carbocycles. The summed E-state index contributed by atoms with van der Waals surface area (Å²) in [5.74, 6) is 0.618. The number of phenols is 1. The van der Waals surface area contributed by atoms with Crippen LogP contribution in [0.3, 0.4) is 0 Å². The molecule has 46 heavy (non-hydrogen) atoms. The zero-order valence-corrected chi connectivity index (χ0v) is 26.0. The molecule has 10 heteroatoms. The second kappa shape index (κ2) is 15.8. The van der Waals surface area contributed by atoms with Gasteiger partial charge in [-0.1, -0.05) is 49.2 Å². The lowest BCUT2D eigenvalue weighted by Crippen LogP contribution is -2.44. The van der Waals surface area contributed by atoms with E-state index in [4.69, 9.17) is 10.5 Å². The number of aliphatic hydroxyl groups excluding tert-OH is 1. The van der Waals surface area contributed by atoms with E-state index in [1.807, 2.05) is 48.5 Å². The number of nitrogens with one attached hydrogen (secondary N) is 2. The standard InChI is InChI=1S/C36H44N4O6/c37-25-10-12-26(13-11-25)40(36(44)45)31-22-27(14-15-28(31)24-8-4-3-5-9-24)46-21-7-2-1-6-20-38-23-33(42)29-16-18-32(41)35-30(29)17-19-34(43)39-35/h3-5,8-9,14-19,22,25-26,33,38,41-42H,1-2,6-7,10-13,20-21,23,37H2,(H,39,43)(H,44,45). The van der Waals surface area contributed by atoms with Gasteiger partial charge in [0.15, 0.2) is 0 Å². The van der Waals surface area contributed by atoms with Gasteiger partial charge in [0.1, 0.15) is 11.5 Å². The molecule has 5 rings (SSSR count). The van der Waals surface area contributed by atoms with Crippen molar-refractivity contribution in [2.75, 3.05) is 24.6 Å². The maximum Gasteiger partial charge on any atom is 0.412 e. The van der Waals surface area contributed by atoms with Gasteiger partial charge in [0.2, 0.25) is 5.56 Å². The minimum absolute atomic E-state index is 0.0301. The SMILES string of the molecule is NC1CCC(N(C(=O)O)c2cc(OCCCCCCNCC(O)c3ccc(O)c4[nH]c(=O)ccc34)ccc2-c2ccccc2)CC1. The zero-order chi connectivity index (χ0) is 32.5. The summed E-state index contributed by atoms with van der Waals surface area (Å²) in [5, 5.41) is 35.0. The van der Waals surface area contributed by atoms with Crippen molar-refractivity contribution < 1.29 is 24.9 Å². The number of benzene rings is 3. The van der Waals surface area contributed by atoms with Gasteiger partial charge in [-0.25, -0.2) is 4.79 Å². The van der Waals surface area contributed by atoms with Crippen molar-refractivity contribution in [2.24, 2.45) is 5.73 Å². The van der Waals surface area contributed by atoms with E-state index in [2.05, 4.69) is 10.3 Å². The van der Waals surface area contributed by atoms with Crippen molar-refractivity contribution >= 4 is 22.7 Å². The predicted molar refractivity (Wildman–Crippen MR) is 181 cm³/mol. The summed E-state index contributed by atoms with van der Waals surface area (Å²) in [6.07, 6.45) is 5.08. The molecular formula is C36H44N4O6. The molecular weight excluding hydrogens is 584 g/mol. The number of aliphatic hydroxyl groups is 1. The molecule has 0 aliphatic heterocycles. The fourth-order valence-electron chi connectivity index (χ4n) is 6.27. The lowest BCUT2D eigenvalue weighted by atomic mass is 9.90. The first kappa shape index (κ1) is 33.0. The van der Waals surface area contributed by atoms with Crippen molar-refractivity contribution in [2.45, 2.75) is 69.6 Å². The van der Waals surface area contributed by atoms with E-state index >= 15 is 0 Å². The van der Waals surface area contributed by atoms with Gasteiger partial charge in [-0.05, 0) is 80.5 Å². The predicted octanol–water partition coefficient (Wildman–Crippen LogP) is 5.92. The number of nitrogens with two attached hydrogens (primary N) is 1. The molecule has 1 aromatic heterocycles. The van der Waals surface area contributed by atoms with Gasteiger partial charge >= 0.3 is 6.09 Å². The average molecular weight is 629 g/mol. The normalized spacial score (nSPS) is 17.1. The highest BCUT2D eigenvalue weighted by Crippen LogP contribution is 2.38. The number of H-pyrrole nitrogens is 1. The second-order valence-corrected chi connectivity index (χ2v) is 12.0. The van der Waals surface area contributed by atoms with Crippen LogP contribution in [0.2, 0.25) is 0 Å². The molecule has 7 N–H and O–H groups in total. The van der Waals surface area contributed by atoms with Crippen LogP contribution in [-0.4, -0.2) is 58.2 Å². The number of aromatic nitrogens is 1. The van der Waals surface area contributed by atoms with E-state index in [-0.39, 0.29) is 23.4 Å². The van der Waals surface area contributed by atoms with E-state index in [0.29, 0.717) is 41.1 Å². The summed E-state index contributed by atoms with van der Waals surface area (Å²) >= 11 is 0. The number of aromatic amines is 1. The highest BCUT2D eigenvalue weighted by atomic mass is 16.5. The number of unbranched alkanes of at least 4 members (excludes halogenated alkanes) is 3. The van der Waals surface area contributed by atoms with Gasteiger partial charge in [0.05, 0.1) is 23.9 Å². The highest BCUT2D eigenvalue weighted by molar-refractivity contribution is 5.94. The third-order valence-corrected chi connectivity index (χ3v) is 8.75. The number of anilines is 1. The lowest BCUT2D eigenvalue weighted by Gasteiger charge is -2.35. The van der Waals surface area contributed by atoms with Crippen LogP contribution < -0.4 is 26.2 Å². The summed E-state index contributed by atoms with van der Waals surface area (Å²) in [5.41, 5.74) is 9.22. The quantitative estimate of drug-likeness (QED) is 0.0939. The van der Waals surface area contributed by atoms with E-state index in [0.717, 1.165) is 69.0 Å². The number of hydrogen-bond acceptors (Lipinski definition) is 7. The number of carboxylic acid groups (broad SMARTS) is 1. The molecule has 1 aliphatic carbocycles. The summed E-state index contributed by atoms with van der Waals surface area (Å²) in [6, 6.07) is 21.7. The Morgan fingerprint density at radius 3 is 2.50 bits per heavy atom. The number of carbonyl (C=O) groups is 1. The first-order valence-electron chi connectivity index (χ1n) is 16.2. The van der Waals surface area contributed by atoms with Crippen molar-refractivity contribution in [3.05, 3.63) is 88.7 Å². The van der Waals surface area contributed by atoms with Crippen LogP contribution in [0.1, 0.15) is 63.0 Å². The van der Waals surface area contributed by atoms with Crippen LogP contribution in [0.25, 0.3) is 22.0 Å². The Bertz CT molecular complexity index is 1650. The van der Waals surface area contributed by atoms with Crippen LogP contribution >= 0.6 is 0 Å². The molecule has 0 saturated heterocycles. The zero-order valence-electron chi connectivity index (χ0n) is 26.0. The molecule has 4 aromatic rings. The number of aromatic hydroxyl groups is 1. The van der Waals surface area contributed by atoms with Crippen LogP contribution in [0.4, 0.5) is 10.5 Å². The molecule has 1 heterocycles. The number of hydrogen-bond donors (Lipinski definition) is 6. The fraction of sp³-hybridized carbons (Fsp3) is 0.389. The minimum atomic E-state index is -0.969. The van der Waals surface area contributed by atoms with Crippen molar-refractivity contribution in [1.82, 2.24) is 10.3 Å². The summed E-state index contributed by atoms with van der Waals surface area (Å²) in [7, 11) is 0. The smallest absolute Gasteiger partial charge is 0.412 e. The Kier molecular flexibility index (Phi) is 11.3. The monoisotopic (exact) mass is 628 g/mol. The Balaban J connectivity index is 1.10. The van der Waals surface area contributed by atoms with E-state index in [1.54, 1.807) is 12.1 Å². The number of rotatable bonds is 14. The lowest BCUT2D eigenvalue weighted by molar-refractivity contribution is 0.176. The Hall–Kier alpha value is -4.38. The maximum absolute atomic E-state index is 12.6. The average Bonchev–Trinajstić information content (AvgIpc) is 3.05. The Labute approximate surface area is 268 Å². The summed E-state index contributed by atoms with van der Waals surface area (Å²) in [6.45, 7) is 1.62. The molecule has 10 nitrogen and oxygen atoms in total. The third kappa shape index (κ3) is 8.25. The number of nitrogens with zero attached hydrogens (tertiary/aromatic N) is 1. The number of ether oxygens (including phenoxy) is 1. The molecule has 1 unspecified atom stereocenters. The first-order valence-corrected chi connectivity index (χ1v) is 16.2. The Morgan fingerprint density at radius 2 is 1.74 bits per heavy atom. The van der Waals surface area contributed by atoms with Crippen molar-refractivity contribution in [1.29, 1.82) is 0 Å². The third-order valence-electron chi connectivity index (χ3n) is 8.75.